The number of methoxy groups -OCH3 is 2. The van der Waals surface area contributed by atoms with Crippen molar-refractivity contribution in [2.24, 2.45) is 0 Å². The second-order valence-electron chi connectivity index (χ2n) is 30.1. The van der Waals surface area contributed by atoms with Gasteiger partial charge >= 0.3 is 17.9 Å². The highest BCUT2D eigenvalue weighted by molar-refractivity contribution is 5.95. The molecule has 0 unspecified atom stereocenters. The van der Waals surface area contributed by atoms with Crippen LogP contribution in [0.25, 0.3) is 0 Å². The Morgan fingerprint density at radius 2 is 0.496 bits per heavy atom. The Balaban J connectivity index is 1.36. The smallest absolute Gasteiger partial charge is 0.317 e. The molecule has 6 N–H and O–H groups in total. The van der Waals surface area contributed by atoms with E-state index in [0.717, 1.165) is 13.0 Å². The normalized spacial score (nSPS) is 13.2. The predicted octanol–water partition coefficient (Wildman–Crippen LogP) is -1.26. The van der Waals surface area contributed by atoms with E-state index in [9.17, 15) is 44.1 Å². The van der Waals surface area contributed by atoms with Crippen LogP contribution in [0.1, 0.15) is 23.2 Å². The van der Waals surface area contributed by atoms with Gasteiger partial charge in [0.1, 0.15) is 26.4 Å². The molecule has 806 valence electrons. The summed E-state index contributed by atoms with van der Waals surface area (Å²) in [5.74, 6) is -3.16. The number of rotatable bonds is 103. The minimum Gasteiger partial charge on any atom is -0.487 e. The van der Waals surface area contributed by atoms with Crippen molar-refractivity contribution in [3.63, 3.8) is 0 Å². The first kappa shape index (κ1) is 127. The van der Waals surface area contributed by atoms with Crippen molar-refractivity contribution in [1.29, 1.82) is 0 Å². The van der Waals surface area contributed by atoms with Gasteiger partial charge in [-0.25, -0.2) is 4.57 Å². The number of carbonyl (C=O) groups excluding carboxylic acids is 3. The van der Waals surface area contributed by atoms with Gasteiger partial charge in [0, 0.05) is 117 Å². The number of carbonyl (C=O) groups is 6. The van der Waals surface area contributed by atoms with Crippen LogP contribution in [0, 0.1) is 0 Å². The van der Waals surface area contributed by atoms with Gasteiger partial charge in [0.05, 0.1) is 370 Å². The lowest BCUT2D eigenvalue weighted by Crippen LogP contribution is -2.50. The molecule has 47 nitrogen and oxygen atoms in total. The van der Waals surface area contributed by atoms with Crippen LogP contribution in [0.3, 0.4) is 0 Å². The average Bonchev–Trinajstić information content (AvgIpc) is 0.812. The zero-order valence-corrected chi connectivity index (χ0v) is 82.4. The molecule has 0 aliphatic carbocycles. The monoisotopic (exact) mass is 2010 g/mol. The van der Waals surface area contributed by atoms with Crippen molar-refractivity contribution in [1.82, 2.24) is 35.6 Å². The fourth-order valence-corrected chi connectivity index (χ4v) is 12.0. The van der Waals surface area contributed by atoms with Crippen molar-refractivity contribution < 1.29 is 191 Å². The van der Waals surface area contributed by atoms with Crippen molar-refractivity contribution in [3.05, 3.63) is 48.3 Å². The van der Waals surface area contributed by atoms with Crippen LogP contribution in [0.15, 0.2) is 42.7 Å². The summed E-state index contributed by atoms with van der Waals surface area (Å²) >= 11 is 0. The second kappa shape index (κ2) is 97.4. The average molecular weight is 2010 g/mol. The van der Waals surface area contributed by atoms with Crippen molar-refractivity contribution in [2.45, 2.75) is 19.4 Å². The van der Waals surface area contributed by atoms with Crippen LogP contribution in [0.2, 0.25) is 0 Å². The molecule has 0 radical (unpaired) electrons. The van der Waals surface area contributed by atoms with E-state index in [-0.39, 0.29) is 179 Å². The van der Waals surface area contributed by atoms with Gasteiger partial charge in [0.25, 0.3) is 5.91 Å². The molecule has 2 aromatic rings. The first-order valence-electron chi connectivity index (χ1n) is 48.1. The number of carboxylic acids is 3. The summed E-state index contributed by atoms with van der Waals surface area (Å²) in [4.78, 5) is 80.6. The maximum absolute atomic E-state index is 13.9. The Morgan fingerprint density at radius 1 is 0.266 bits per heavy atom. The van der Waals surface area contributed by atoms with E-state index in [1.54, 1.807) is 41.1 Å². The van der Waals surface area contributed by atoms with Crippen LogP contribution in [-0.2, 0) is 158 Å². The zero-order chi connectivity index (χ0) is 99.6. The van der Waals surface area contributed by atoms with Gasteiger partial charge in [0.15, 0.2) is 23.9 Å². The molecule has 0 atom stereocenters. The summed E-state index contributed by atoms with van der Waals surface area (Å²) in [6.45, 7) is 22.9. The number of ether oxygens (including phenoxy) is 30. The summed E-state index contributed by atoms with van der Waals surface area (Å²) in [7, 11) is 3.24. The van der Waals surface area contributed by atoms with Crippen LogP contribution in [-0.4, -0.2) is 546 Å². The number of pyridine rings is 1. The maximum atomic E-state index is 13.9. The molecular weight excluding hydrogens is 1840 g/mol. The molecule has 1 saturated heterocycles. The molecule has 3 rings (SSSR count). The van der Waals surface area contributed by atoms with Gasteiger partial charge in [-0.2, -0.15) is 0 Å². The third-order valence-electron chi connectivity index (χ3n) is 19.0. The quantitative estimate of drug-likeness (QED) is 0.0332. The van der Waals surface area contributed by atoms with Crippen molar-refractivity contribution >= 4 is 35.6 Å². The summed E-state index contributed by atoms with van der Waals surface area (Å²) in [5, 5.41) is 37.1. The first-order valence-corrected chi connectivity index (χ1v) is 48.1. The Hall–Kier alpha value is -6.65. The number of aliphatic carboxylic acids is 3. The highest BCUT2D eigenvalue weighted by Crippen LogP contribution is 2.39. The number of aryl methyl sites for hydroxylation is 1. The number of hydrogen-bond acceptors (Lipinski definition) is 40. The third-order valence-corrected chi connectivity index (χ3v) is 19.0. The van der Waals surface area contributed by atoms with Gasteiger partial charge in [-0.05, 0) is 12.1 Å². The summed E-state index contributed by atoms with van der Waals surface area (Å²) in [5.41, 5.74) is 0.223. The molecule has 47 heteroatoms. The van der Waals surface area contributed by atoms with Gasteiger partial charge in [-0.1, -0.05) is 6.07 Å². The van der Waals surface area contributed by atoms with Gasteiger partial charge in [0.2, 0.25) is 17.6 Å². The standard InChI is InChI=1S/C92H164N8O39/c1-110-25-27-115-35-37-120-45-46-125-51-52-127-55-56-128-57-59-130-61-63-132-66-69-135-72-75-138-85-78-83(92(109)95-10-24-114-31-34-119-41-44-124-49-48-123-43-40-118-33-30-113-23-9-94-87(102)79-97-14-16-98(80-88(103)104)18-20-100(82-90(107)108)21-19-99(17-15-97)81-89(105)106)77-84(137-74-71-134-68-65-121-38-36-116-28-26-111-2)91(85)139-76-73-136-70-67-133-64-62-131-60-58-129-54-53-126-50-47-122-42-39-117-32-29-112-22-7-86(101)93-8-6-13-96-11-4-3-5-12-96/h3-5,11-12,77-78H,6-10,13-76,79-82H2,1-2H3,(H5-,93,94,95,101,102,103,104,105,106,107,108,109)/p+1. The van der Waals surface area contributed by atoms with Crippen LogP contribution < -0.4 is 34.7 Å². The SMILES string of the molecule is COCCOCCOCCOCCOCCOCCOCCOCCOCCOc1cc(C(=O)NCCOCCOCCOCCOCCOCCOCCNC(=O)CN2CCN(CC(=O)O)CCN(CC(=O)O)CCN(CC(=O)O)CC2)cc(OCCOCCOCCOCCOC)c1OCCOCCOCCOCCOCCOCCOCCOCCOCCC(=O)NCCC[n+]1ccccc1. The summed E-state index contributed by atoms with van der Waals surface area (Å²) < 4.78 is 172. The molecule has 2 heterocycles. The number of nitrogens with zero attached hydrogens (tertiary/aromatic N) is 5. The maximum Gasteiger partial charge on any atom is 0.317 e. The zero-order valence-electron chi connectivity index (χ0n) is 82.4. The molecule has 1 aromatic heterocycles. The lowest BCUT2D eigenvalue weighted by molar-refractivity contribution is -0.697. The molecule has 1 fully saturated rings. The van der Waals surface area contributed by atoms with E-state index in [1.807, 2.05) is 35.5 Å². The summed E-state index contributed by atoms with van der Waals surface area (Å²) in [6, 6.07) is 9.07. The number of aromatic nitrogens is 1. The molecule has 1 aliphatic heterocycles. The van der Waals surface area contributed by atoms with Crippen LogP contribution in [0.5, 0.6) is 17.2 Å². The lowest BCUT2D eigenvalue weighted by Gasteiger charge is -2.32. The van der Waals surface area contributed by atoms with E-state index in [2.05, 4.69) is 20.5 Å². The topological polar surface area (TPSA) is 493 Å². The Labute approximate surface area is 819 Å². The number of benzene rings is 1. The number of hydrogen-bond donors (Lipinski definition) is 6. The number of amides is 3. The van der Waals surface area contributed by atoms with E-state index >= 15 is 0 Å². The van der Waals surface area contributed by atoms with Gasteiger partial charge in [-0.15, -0.1) is 0 Å². The molecule has 3 amide bonds. The minimum atomic E-state index is -1.04. The fraction of sp³-hybridized carbons (Fsp3) is 0.815. The number of carboxylic acid groups (broad SMARTS) is 3. The molecule has 0 saturated carbocycles. The third kappa shape index (κ3) is 83.4. The largest absolute Gasteiger partial charge is 0.487 e. The highest BCUT2D eigenvalue weighted by atomic mass is 16.6. The minimum absolute atomic E-state index is 0.00212. The molecule has 139 heavy (non-hydrogen) atoms. The molecule has 1 aliphatic rings. The Kier molecular flexibility index (Phi) is 88.7. The van der Waals surface area contributed by atoms with E-state index in [4.69, 9.17) is 142 Å². The van der Waals surface area contributed by atoms with E-state index < -0.39 is 23.8 Å². The first-order chi connectivity index (χ1) is 68.4. The fourth-order valence-electron chi connectivity index (χ4n) is 12.0. The molecule has 0 bridgehead atoms. The van der Waals surface area contributed by atoms with E-state index in [1.165, 1.54) is 0 Å². The predicted molar refractivity (Wildman–Crippen MR) is 500 cm³/mol. The van der Waals surface area contributed by atoms with E-state index in [0.29, 0.717) is 323 Å². The van der Waals surface area contributed by atoms with Crippen molar-refractivity contribution in [3.8, 4) is 17.2 Å². The summed E-state index contributed by atoms with van der Waals surface area (Å²) in [6.07, 6.45) is 5.16. The highest BCUT2D eigenvalue weighted by Gasteiger charge is 2.24. The Bertz CT molecular complexity index is 3120. The second-order valence-corrected chi connectivity index (χ2v) is 30.1. The Morgan fingerprint density at radius 3 is 0.770 bits per heavy atom. The van der Waals surface area contributed by atoms with Gasteiger partial charge < -0.3 is 173 Å². The molecule has 1 aromatic carbocycles. The van der Waals surface area contributed by atoms with Gasteiger partial charge in [-0.3, -0.25) is 48.4 Å². The molecule has 0 spiro atoms. The van der Waals surface area contributed by atoms with Crippen molar-refractivity contribution in [2.75, 3.05) is 476 Å². The van der Waals surface area contributed by atoms with Crippen LogP contribution >= 0.6 is 0 Å². The molecular formula is C92H165N8O39+. The van der Waals surface area contributed by atoms with Crippen LogP contribution in [0.4, 0.5) is 0 Å². The lowest BCUT2D eigenvalue weighted by atomic mass is 10.1. The number of nitrogens with one attached hydrogen (secondary N) is 3.